The van der Waals surface area contributed by atoms with Crippen molar-refractivity contribution in [2.45, 2.75) is 45.3 Å². The van der Waals surface area contributed by atoms with E-state index in [1.165, 1.54) is 0 Å². The van der Waals surface area contributed by atoms with Gasteiger partial charge in [0.25, 0.3) is 0 Å². The number of nitrogens with zero attached hydrogens (tertiary/aromatic N) is 3. The molecular weight excluding hydrogens is 344 g/mol. The fraction of sp³-hybridized carbons (Fsp3) is 0.450. The highest BCUT2D eigenvalue weighted by atomic mass is 16.7. The Bertz CT molecular complexity index is 853. The van der Waals surface area contributed by atoms with E-state index >= 15 is 0 Å². The topological polar surface area (TPSA) is 89.4 Å². The van der Waals surface area contributed by atoms with Crippen molar-refractivity contribution in [3.63, 3.8) is 0 Å². The van der Waals surface area contributed by atoms with Gasteiger partial charge in [-0.3, -0.25) is 0 Å². The second-order valence-electron chi connectivity index (χ2n) is 6.93. The van der Waals surface area contributed by atoms with Crippen LogP contribution in [0, 0.1) is 19.3 Å². The predicted octanol–water partition coefficient (Wildman–Crippen LogP) is 2.53. The third kappa shape index (κ3) is 4.54. The first-order valence-electron chi connectivity index (χ1n) is 8.93. The molecular formula is C20H24N4O3. The number of rotatable bonds is 7. The summed E-state index contributed by atoms with van der Waals surface area (Å²) in [5, 5.41) is 21.6. The zero-order valence-electron chi connectivity index (χ0n) is 15.8. The highest BCUT2D eigenvalue weighted by molar-refractivity contribution is 5.70. The van der Waals surface area contributed by atoms with Gasteiger partial charge in [-0.1, -0.05) is 5.92 Å². The standard InChI is InChI=1S/C20H24N4O3/c1-5-14-7-8-16(17(9-14)27-12-26-6-2)18-13(3)21-19(24-23-18)22-15-10-20(4,25)11-15/h1,7-9,15,25H,6,10-12H2,2-4H3,(H,21,22,24). The zero-order chi connectivity index (χ0) is 19.4. The minimum atomic E-state index is -0.606. The van der Waals surface area contributed by atoms with E-state index in [2.05, 4.69) is 26.4 Å². The summed E-state index contributed by atoms with van der Waals surface area (Å²) < 4.78 is 11.0. The smallest absolute Gasteiger partial charge is 0.243 e. The van der Waals surface area contributed by atoms with Crippen LogP contribution in [0.4, 0.5) is 5.95 Å². The van der Waals surface area contributed by atoms with Gasteiger partial charge in [-0.05, 0) is 51.8 Å². The van der Waals surface area contributed by atoms with Crippen LogP contribution < -0.4 is 10.1 Å². The van der Waals surface area contributed by atoms with Crippen LogP contribution in [-0.4, -0.2) is 45.3 Å². The molecule has 2 aromatic rings. The molecule has 0 bridgehead atoms. The molecule has 0 saturated heterocycles. The fourth-order valence-corrected chi connectivity index (χ4v) is 3.12. The molecule has 2 N–H and O–H groups in total. The fourth-order valence-electron chi connectivity index (χ4n) is 3.12. The van der Waals surface area contributed by atoms with Crippen molar-refractivity contribution in [3.8, 4) is 29.4 Å². The molecule has 0 amide bonds. The Labute approximate surface area is 159 Å². The van der Waals surface area contributed by atoms with E-state index in [-0.39, 0.29) is 12.8 Å². The molecule has 1 aromatic heterocycles. The van der Waals surface area contributed by atoms with Crippen molar-refractivity contribution >= 4 is 5.95 Å². The maximum atomic E-state index is 9.84. The van der Waals surface area contributed by atoms with Crippen LogP contribution in [0.1, 0.15) is 37.9 Å². The summed E-state index contributed by atoms with van der Waals surface area (Å²) in [6.07, 6.45) is 6.83. The molecule has 0 aliphatic heterocycles. The Morgan fingerprint density at radius 3 is 2.78 bits per heavy atom. The quantitative estimate of drug-likeness (QED) is 0.441. The highest BCUT2D eigenvalue weighted by Gasteiger charge is 2.38. The SMILES string of the molecule is C#Cc1ccc(-c2nnc(NC3CC(C)(O)C3)nc2C)c(OCOCC)c1. The average Bonchev–Trinajstić information content (AvgIpc) is 2.61. The number of terminal acetylenes is 1. The molecule has 7 nitrogen and oxygen atoms in total. The van der Waals surface area contributed by atoms with E-state index in [1.54, 1.807) is 6.07 Å². The molecule has 0 atom stereocenters. The van der Waals surface area contributed by atoms with E-state index in [0.717, 1.165) is 5.56 Å². The summed E-state index contributed by atoms with van der Waals surface area (Å²) in [4.78, 5) is 4.51. The number of anilines is 1. The van der Waals surface area contributed by atoms with Gasteiger partial charge in [0, 0.05) is 23.8 Å². The van der Waals surface area contributed by atoms with E-state index in [9.17, 15) is 5.11 Å². The Hall–Kier alpha value is -2.69. The van der Waals surface area contributed by atoms with Gasteiger partial charge in [0.1, 0.15) is 11.4 Å². The molecule has 3 rings (SSSR count). The van der Waals surface area contributed by atoms with Crippen LogP contribution >= 0.6 is 0 Å². The molecule has 27 heavy (non-hydrogen) atoms. The lowest BCUT2D eigenvalue weighted by molar-refractivity contribution is -0.0236. The normalized spacial score (nSPS) is 21.2. The number of aryl methyl sites for hydroxylation is 1. The van der Waals surface area contributed by atoms with Crippen molar-refractivity contribution in [3.05, 3.63) is 29.5 Å². The first-order valence-corrected chi connectivity index (χ1v) is 8.93. The summed E-state index contributed by atoms with van der Waals surface area (Å²) in [6, 6.07) is 5.61. The van der Waals surface area contributed by atoms with Gasteiger partial charge in [-0.15, -0.1) is 16.6 Å². The van der Waals surface area contributed by atoms with Gasteiger partial charge < -0.3 is 19.9 Å². The summed E-state index contributed by atoms with van der Waals surface area (Å²) in [5.74, 6) is 3.63. The van der Waals surface area contributed by atoms with Crippen molar-refractivity contribution in [1.82, 2.24) is 15.2 Å². The lowest BCUT2D eigenvalue weighted by Gasteiger charge is -2.41. The van der Waals surface area contributed by atoms with Crippen LogP contribution in [0.15, 0.2) is 18.2 Å². The van der Waals surface area contributed by atoms with Crippen LogP contribution in [0.3, 0.4) is 0 Å². The molecule has 0 unspecified atom stereocenters. The van der Waals surface area contributed by atoms with E-state index in [1.807, 2.05) is 32.9 Å². The molecule has 1 aromatic carbocycles. The van der Waals surface area contributed by atoms with Gasteiger partial charge in [0.2, 0.25) is 5.95 Å². The Balaban J connectivity index is 1.82. The van der Waals surface area contributed by atoms with Gasteiger partial charge in [0.15, 0.2) is 6.79 Å². The zero-order valence-corrected chi connectivity index (χ0v) is 15.8. The van der Waals surface area contributed by atoms with Crippen molar-refractivity contribution in [1.29, 1.82) is 0 Å². The molecule has 0 spiro atoms. The summed E-state index contributed by atoms with van der Waals surface area (Å²) >= 11 is 0. The average molecular weight is 368 g/mol. The molecule has 1 fully saturated rings. The molecule has 142 valence electrons. The van der Waals surface area contributed by atoms with Crippen molar-refractivity contribution in [2.75, 3.05) is 18.7 Å². The lowest BCUT2D eigenvalue weighted by atomic mass is 9.77. The van der Waals surface area contributed by atoms with E-state index < -0.39 is 5.60 Å². The summed E-state index contributed by atoms with van der Waals surface area (Å²) in [6.45, 7) is 6.27. The second kappa shape index (κ2) is 7.91. The number of hydrogen-bond acceptors (Lipinski definition) is 7. The summed E-state index contributed by atoms with van der Waals surface area (Å²) in [7, 11) is 0. The minimum Gasteiger partial charge on any atom is -0.467 e. The van der Waals surface area contributed by atoms with Gasteiger partial charge >= 0.3 is 0 Å². The molecule has 1 aliphatic rings. The van der Waals surface area contributed by atoms with Crippen LogP contribution in [0.25, 0.3) is 11.3 Å². The molecule has 1 saturated carbocycles. The Kier molecular flexibility index (Phi) is 5.59. The van der Waals surface area contributed by atoms with Gasteiger partial charge in [-0.25, -0.2) is 4.98 Å². The third-order valence-electron chi connectivity index (χ3n) is 4.47. The van der Waals surface area contributed by atoms with Crippen molar-refractivity contribution in [2.24, 2.45) is 0 Å². The highest BCUT2D eigenvalue weighted by Crippen LogP contribution is 2.34. The number of ether oxygens (including phenoxy) is 2. The van der Waals surface area contributed by atoms with E-state index in [4.69, 9.17) is 15.9 Å². The minimum absolute atomic E-state index is 0.124. The number of nitrogens with one attached hydrogen (secondary N) is 1. The monoisotopic (exact) mass is 368 g/mol. The Morgan fingerprint density at radius 1 is 1.37 bits per heavy atom. The number of aromatic nitrogens is 3. The maximum Gasteiger partial charge on any atom is 0.243 e. The van der Waals surface area contributed by atoms with Gasteiger partial charge in [-0.2, -0.15) is 0 Å². The summed E-state index contributed by atoms with van der Waals surface area (Å²) in [5.41, 5.74) is 2.19. The van der Waals surface area contributed by atoms with Crippen LogP contribution in [0.2, 0.25) is 0 Å². The first-order chi connectivity index (χ1) is 12.9. The van der Waals surface area contributed by atoms with Crippen molar-refractivity contribution < 1.29 is 14.6 Å². The third-order valence-corrected chi connectivity index (χ3v) is 4.47. The molecule has 7 heteroatoms. The number of aliphatic hydroxyl groups is 1. The lowest BCUT2D eigenvalue weighted by Crippen LogP contribution is -2.48. The second-order valence-corrected chi connectivity index (χ2v) is 6.93. The van der Waals surface area contributed by atoms with Crippen LogP contribution in [0.5, 0.6) is 5.75 Å². The van der Waals surface area contributed by atoms with Gasteiger partial charge in [0.05, 0.1) is 11.3 Å². The largest absolute Gasteiger partial charge is 0.467 e. The first kappa shape index (κ1) is 19.1. The maximum absolute atomic E-state index is 9.84. The molecule has 0 radical (unpaired) electrons. The number of benzene rings is 1. The van der Waals surface area contributed by atoms with E-state index in [0.29, 0.717) is 48.1 Å². The van der Waals surface area contributed by atoms with Crippen LogP contribution in [-0.2, 0) is 4.74 Å². The predicted molar refractivity (Wildman–Crippen MR) is 102 cm³/mol. The Morgan fingerprint density at radius 2 is 2.15 bits per heavy atom. The number of hydrogen-bond donors (Lipinski definition) is 2. The molecule has 1 aliphatic carbocycles. The molecule has 1 heterocycles.